The molecule has 2 spiro atoms. The van der Waals surface area contributed by atoms with Crippen LogP contribution >= 0.6 is 23.2 Å². The van der Waals surface area contributed by atoms with Crippen molar-refractivity contribution in [3.05, 3.63) is 70.8 Å². The molecule has 2 heteroatoms. The maximum Gasteiger partial charge on any atom is 0.131 e. The van der Waals surface area contributed by atoms with Gasteiger partial charge in [0.1, 0.15) is 4.33 Å². The number of alkyl halides is 2. The van der Waals surface area contributed by atoms with E-state index < -0.39 is 4.33 Å². The zero-order chi connectivity index (χ0) is 23.9. The van der Waals surface area contributed by atoms with Crippen molar-refractivity contribution >= 4 is 23.2 Å². The van der Waals surface area contributed by atoms with Crippen LogP contribution in [0.3, 0.4) is 0 Å². The van der Waals surface area contributed by atoms with Crippen molar-refractivity contribution in [2.75, 3.05) is 0 Å². The van der Waals surface area contributed by atoms with E-state index in [1.54, 1.807) is 0 Å². The van der Waals surface area contributed by atoms with Crippen LogP contribution in [0.5, 0.6) is 0 Å². The van der Waals surface area contributed by atoms with Crippen LogP contribution in [-0.4, -0.2) is 4.33 Å². The van der Waals surface area contributed by atoms with Gasteiger partial charge in [0, 0.05) is 16.2 Å². The standard InChI is InChI=1S/C32H42Cl2/c1-3-11-25-13-17-27(18-14-25)31(28-19-15-26(12-4-2)16-20-28)29(21-7-5-8-22-29)32(33,34)30(31)23-9-6-10-24-30/h13-20H,3-12,21-24H2,1-2H3. The summed E-state index contributed by atoms with van der Waals surface area (Å²) in [7, 11) is 0. The minimum absolute atomic E-state index is 0.1000. The van der Waals surface area contributed by atoms with E-state index >= 15 is 0 Å². The van der Waals surface area contributed by atoms with Gasteiger partial charge in [-0.1, -0.05) is 114 Å². The molecule has 3 aliphatic rings. The van der Waals surface area contributed by atoms with Gasteiger partial charge in [-0.3, -0.25) is 0 Å². The van der Waals surface area contributed by atoms with E-state index in [9.17, 15) is 0 Å². The first-order chi connectivity index (χ1) is 16.5. The van der Waals surface area contributed by atoms with Gasteiger partial charge in [0.25, 0.3) is 0 Å². The summed E-state index contributed by atoms with van der Waals surface area (Å²) in [4.78, 5) is 0. The number of benzene rings is 2. The fraction of sp³-hybridized carbons (Fsp3) is 0.625. The van der Waals surface area contributed by atoms with Gasteiger partial charge in [0.05, 0.1) is 0 Å². The summed E-state index contributed by atoms with van der Waals surface area (Å²) in [6.45, 7) is 4.53. The number of halogens is 2. The van der Waals surface area contributed by atoms with Gasteiger partial charge in [0.15, 0.2) is 0 Å². The number of aryl methyl sites for hydroxylation is 2. The Morgan fingerprint density at radius 1 is 0.559 bits per heavy atom. The zero-order valence-corrected chi connectivity index (χ0v) is 22.8. The second-order valence-electron chi connectivity index (χ2n) is 11.5. The molecule has 0 amide bonds. The second kappa shape index (κ2) is 9.48. The van der Waals surface area contributed by atoms with Crippen LogP contribution in [0.2, 0.25) is 0 Å². The van der Waals surface area contributed by atoms with Crippen LogP contribution in [0, 0.1) is 10.8 Å². The van der Waals surface area contributed by atoms with Crippen molar-refractivity contribution in [2.45, 2.75) is 113 Å². The molecule has 0 bridgehead atoms. The molecule has 0 saturated heterocycles. The van der Waals surface area contributed by atoms with Crippen molar-refractivity contribution < 1.29 is 0 Å². The molecule has 0 N–H and O–H groups in total. The summed E-state index contributed by atoms with van der Waals surface area (Å²) < 4.78 is -0.676. The van der Waals surface area contributed by atoms with Crippen molar-refractivity contribution in [1.82, 2.24) is 0 Å². The van der Waals surface area contributed by atoms with Gasteiger partial charge < -0.3 is 0 Å². The van der Waals surface area contributed by atoms with Crippen LogP contribution < -0.4 is 0 Å². The van der Waals surface area contributed by atoms with Crippen LogP contribution in [0.15, 0.2) is 48.5 Å². The molecule has 2 aromatic rings. The summed E-state index contributed by atoms with van der Waals surface area (Å²) >= 11 is 15.4. The van der Waals surface area contributed by atoms with Crippen molar-refractivity contribution in [1.29, 1.82) is 0 Å². The van der Waals surface area contributed by atoms with E-state index in [0.29, 0.717) is 0 Å². The SMILES string of the molecule is CCCc1ccc(C2(c3ccc(CCC)cc3)C3(CCCCC3)C(Cl)(Cl)C23CCCCC3)cc1. The topological polar surface area (TPSA) is 0 Å². The first kappa shape index (κ1) is 24.7. The lowest BCUT2D eigenvalue weighted by Gasteiger charge is -2.80. The highest BCUT2D eigenvalue weighted by molar-refractivity contribution is 6.51. The molecule has 3 fully saturated rings. The third-order valence-corrected chi connectivity index (χ3v) is 11.4. The molecule has 3 aliphatic carbocycles. The minimum atomic E-state index is -0.676. The van der Waals surface area contributed by atoms with E-state index in [0.717, 1.165) is 38.5 Å². The molecule has 0 radical (unpaired) electrons. The quantitative estimate of drug-likeness (QED) is 0.348. The van der Waals surface area contributed by atoms with Gasteiger partial charge in [0.2, 0.25) is 0 Å². The predicted octanol–water partition coefficient (Wildman–Crippen LogP) is 9.97. The fourth-order valence-corrected chi connectivity index (χ4v) is 10.0. The van der Waals surface area contributed by atoms with E-state index in [1.807, 2.05) is 0 Å². The van der Waals surface area contributed by atoms with Crippen LogP contribution in [0.4, 0.5) is 0 Å². The third kappa shape index (κ3) is 3.23. The van der Waals surface area contributed by atoms with E-state index in [2.05, 4.69) is 62.4 Å². The second-order valence-corrected chi connectivity index (χ2v) is 12.8. The lowest BCUT2D eigenvalue weighted by molar-refractivity contribution is -0.185. The average Bonchev–Trinajstić information content (AvgIpc) is 2.87. The van der Waals surface area contributed by atoms with E-state index in [1.165, 1.54) is 73.6 Å². The Labute approximate surface area is 217 Å². The molecule has 34 heavy (non-hydrogen) atoms. The molecule has 184 valence electrons. The fourth-order valence-electron chi connectivity index (χ4n) is 8.71. The Morgan fingerprint density at radius 2 is 0.912 bits per heavy atom. The lowest BCUT2D eigenvalue weighted by Crippen LogP contribution is -2.82. The summed E-state index contributed by atoms with van der Waals surface area (Å²) in [6.07, 6.45) is 16.7. The maximum atomic E-state index is 7.69. The molecule has 0 aliphatic heterocycles. The molecule has 0 heterocycles. The Balaban J connectivity index is 1.76. The number of hydrogen-bond donors (Lipinski definition) is 0. The molecule has 0 aromatic heterocycles. The minimum Gasteiger partial charge on any atom is -0.100 e. The molecule has 5 rings (SSSR count). The summed E-state index contributed by atoms with van der Waals surface area (Å²) in [6, 6.07) is 19.4. The molecular weight excluding hydrogens is 455 g/mol. The highest BCUT2D eigenvalue weighted by atomic mass is 35.5. The van der Waals surface area contributed by atoms with Crippen LogP contribution in [-0.2, 0) is 18.3 Å². The summed E-state index contributed by atoms with van der Waals surface area (Å²) in [5, 5.41) is 0. The normalized spacial score (nSPS) is 24.1. The number of hydrogen-bond acceptors (Lipinski definition) is 0. The van der Waals surface area contributed by atoms with E-state index in [-0.39, 0.29) is 16.2 Å². The Bertz CT molecular complexity index is 878. The zero-order valence-electron chi connectivity index (χ0n) is 21.3. The van der Waals surface area contributed by atoms with Crippen LogP contribution in [0.1, 0.15) is 113 Å². The van der Waals surface area contributed by atoms with Gasteiger partial charge in [-0.05, 0) is 60.8 Å². The van der Waals surface area contributed by atoms with Gasteiger partial charge >= 0.3 is 0 Å². The molecule has 0 unspecified atom stereocenters. The van der Waals surface area contributed by atoms with E-state index in [4.69, 9.17) is 23.2 Å². The molecule has 0 nitrogen and oxygen atoms in total. The average molecular weight is 498 g/mol. The summed E-state index contributed by atoms with van der Waals surface area (Å²) in [5.41, 5.74) is 5.51. The van der Waals surface area contributed by atoms with Crippen LogP contribution in [0.25, 0.3) is 0 Å². The van der Waals surface area contributed by atoms with Crippen molar-refractivity contribution in [3.63, 3.8) is 0 Å². The summed E-state index contributed by atoms with van der Waals surface area (Å²) in [5.74, 6) is 0. The Kier molecular flexibility index (Phi) is 6.89. The largest absolute Gasteiger partial charge is 0.131 e. The highest BCUT2D eigenvalue weighted by Crippen LogP contribution is 2.86. The molecular formula is C32H42Cl2. The highest BCUT2D eigenvalue weighted by Gasteiger charge is 2.85. The van der Waals surface area contributed by atoms with Gasteiger partial charge in [-0.25, -0.2) is 0 Å². The third-order valence-electron chi connectivity index (χ3n) is 9.90. The Hall–Kier alpha value is -0.980. The molecule has 2 aromatic carbocycles. The molecule has 0 atom stereocenters. The smallest absolute Gasteiger partial charge is 0.100 e. The first-order valence-corrected chi connectivity index (χ1v) is 14.8. The maximum absolute atomic E-state index is 7.69. The Morgan fingerprint density at radius 3 is 1.24 bits per heavy atom. The predicted molar refractivity (Wildman–Crippen MR) is 147 cm³/mol. The van der Waals surface area contributed by atoms with Gasteiger partial charge in [-0.2, -0.15) is 0 Å². The molecule has 3 saturated carbocycles. The lowest BCUT2D eigenvalue weighted by atomic mass is 9.27. The van der Waals surface area contributed by atoms with Crippen molar-refractivity contribution in [3.8, 4) is 0 Å². The van der Waals surface area contributed by atoms with Crippen molar-refractivity contribution in [2.24, 2.45) is 10.8 Å². The first-order valence-electron chi connectivity index (χ1n) is 14.1. The number of rotatable bonds is 6. The van der Waals surface area contributed by atoms with Gasteiger partial charge in [-0.15, -0.1) is 23.2 Å². The monoisotopic (exact) mass is 496 g/mol.